The number of piperidine rings is 2. The molecule has 2 heterocycles. The van der Waals surface area contributed by atoms with Crippen LogP contribution in [-0.4, -0.2) is 37.9 Å². The third kappa shape index (κ3) is 3.43. The van der Waals surface area contributed by atoms with Crippen molar-refractivity contribution in [2.24, 2.45) is 16.4 Å². The zero-order valence-electron chi connectivity index (χ0n) is 20.0. The highest BCUT2D eigenvalue weighted by molar-refractivity contribution is 5.93. The quantitative estimate of drug-likeness (QED) is 0.570. The van der Waals surface area contributed by atoms with E-state index in [-0.39, 0.29) is 27.6 Å². The zero-order valence-corrected chi connectivity index (χ0v) is 20.0. The summed E-state index contributed by atoms with van der Waals surface area (Å²) in [4.78, 5) is 0. The van der Waals surface area contributed by atoms with Crippen LogP contribution in [-0.2, 0) is 0 Å². The molecule has 2 aliphatic heterocycles. The van der Waals surface area contributed by atoms with Crippen LogP contribution in [0.2, 0.25) is 0 Å². The fourth-order valence-electron chi connectivity index (χ4n) is 6.74. The summed E-state index contributed by atoms with van der Waals surface area (Å²) < 4.78 is 0. The van der Waals surface area contributed by atoms with Gasteiger partial charge in [-0.2, -0.15) is 5.10 Å². The Labute approximate surface area is 174 Å². The monoisotopic (exact) mass is 390 g/mol. The van der Waals surface area contributed by atoms with Crippen molar-refractivity contribution in [2.75, 3.05) is 0 Å². The van der Waals surface area contributed by atoms with Gasteiger partial charge in [0, 0.05) is 28.6 Å². The molecule has 28 heavy (non-hydrogen) atoms. The first-order valence-electron chi connectivity index (χ1n) is 11.7. The predicted molar refractivity (Wildman–Crippen MR) is 120 cm³/mol. The Morgan fingerprint density at radius 1 is 0.679 bits per heavy atom. The normalized spacial score (nSPS) is 33.0. The van der Waals surface area contributed by atoms with Gasteiger partial charge in [-0.1, -0.05) is 25.7 Å². The van der Waals surface area contributed by atoms with Crippen molar-refractivity contribution in [1.82, 2.24) is 10.0 Å². The molecule has 0 aromatic carbocycles. The number of hydrogen-bond donors (Lipinski definition) is 1. The topological polar surface area (TPSA) is 44.9 Å². The van der Waals surface area contributed by atoms with Crippen LogP contribution in [0.15, 0.2) is 5.10 Å². The van der Waals surface area contributed by atoms with Crippen molar-refractivity contribution in [3.05, 3.63) is 0 Å². The lowest BCUT2D eigenvalue weighted by Crippen LogP contribution is -2.73. The zero-order chi connectivity index (χ0) is 21.0. The number of hydrogen-bond acceptors (Lipinski definition) is 4. The molecular formula is C24H46N4. The Bertz CT molecular complexity index is 590. The summed E-state index contributed by atoms with van der Waals surface area (Å²) in [5, 5.41) is 10.3. The third-order valence-corrected chi connectivity index (χ3v) is 8.48. The second kappa shape index (κ2) is 6.97. The summed E-state index contributed by atoms with van der Waals surface area (Å²) in [7, 11) is 0. The van der Waals surface area contributed by atoms with Gasteiger partial charge in [0.2, 0.25) is 0 Å². The summed E-state index contributed by atoms with van der Waals surface area (Å²) in [6.07, 6.45) is 12.4. The molecule has 0 aromatic heterocycles. The summed E-state index contributed by atoms with van der Waals surface area (Å²) in [6, 6.07) is 0. The Balaban J connectivity index is 2.15. The molecule has 4 nitrogen and oxygen atoms in total. The molecule has 0 aromatic rings. The lowest BCUT2D eigenvalue weighted by molar-refractivity contribution is -0.0735. The maximum atomic E-state index is 6.81. The fourth-order valence-corrected chi connectivity index (χ4v) is 6.74. The molecule has 1 spiro atoms. The maximum absolute atomic E-state index is 6.81. The van der Waals surface area contributed by atoms with Gasteiger partial charge in [-0.3, -0.25) is 10.9 Å². The van der Waals surface area contributed by atoms with Crippen molar-refractivity contribution in [3.8, 4) is 0 Å². The van der Waals surface area contributed by atoms with Gasteiger partial charge in [-0.25, -0.2) is 5.01 Å². The second-order valence-electron chi connectivity index (χ2n) is 12.3. The van der Waals surface area contributed by atoms with Crippen LogP contribution < -0.4 is 5.84 Å². The van der Waals surface area contributed by atoms with Crippen LogP contribution in [0.3, 0.4) is 0 Å². The summed E-state index contributed by atoms with van der Waals surface area (Å²) in [6.45, 7) is 18.9. The molecule has 3 aliphatic rings. The lowest BCUT2D eigenvalue weighted by Gasteiger charge is -2.62. The van der Waals surface area contributed by atoms with Crippen molar-refractivity contribution < 1.29 is 0 Å². The molecule has 0 amide bonds. The molecule has 2 saturated heterocycles. The molecular weight excluding hydrogens is 344 g/mol. The van der Waals surface area contributed by atoms with E-state index in [1.54, 1.807) is 0 Å². The van der Waals surface area contributed by atoms with Gasteiger partial charge < -0.3 is 0 Å². The average molecular weight is 391 g/mol. The van der Waals surface area contributed by atoms with Crippen LogP contribution in [0.5, 0.6) is 0 Å². The molecule has 1 saturated carbocycles. The Kier molecular flexibility index (Phi) is 5.50. The highest BCUT2D eigenvalue weighted by atomic mass is 15.5. The fraction of sp³-hybridized carbons (Fsp3) is 0.958. The van der Waals surface area contributed by atoms with E-state index in [4.69, 9.17) is 10.9 Å². The van der Waals surface area contributed by atoms with Gasteiger partial charge in [0.15, 0.2) is 0 Å². The number of hydrazine groups is 1. The average Bonchev–Trinajstić information content (AvgIpc) is 2.82. The smallest absolute Gasteiger partial charge is 0.0529 e. The first-order valence-corrected chi connectivity index (χ1v) is 11.7. The minimum atomic E-state index is -0.0952. The summed E-state index contributed by atoms with van der Waals surface area (Å²) in [5.74, 6) is 6.81. The van der Waals surface area contributed by atoms with Crippen LogP contribution in [0.25, 0.3) is 0 Å². The SMILES string of the molecule is CC1(C)CCCC(C)(C)N1N=C1CC(C)(C)N(N)C(C)(C)C12CCCCCC2. The standard InChI is InChI=1S/C24H46N4/c1-20(2)14-13-15-21(3,4)28(20)26-19-18-22(5,6)27(25)23(7,8)24(19)16-11-9-10-12-17-24/h9-18,25H2,1-8H3. The highest BCUT2D eigenvalue weighted by Crippen LogP contribution is 2.54. The summed E-state index contributed by atoms with van der Waals surface area (Å²) in [5.41, 5.74) is 1.54. The molecule has 2 N–H and O–H groups in total. The van der Waals surface area contributed by atoms with E-state index >= 15 is 0 Å². The van der Waals surface area contributed by atoms with E-state index in [1.165, 1.54) is 63.5 Å². The van der Waals surface area contributed by atoms with Gasteiger partial charge in [-0.15, -0.1) is 0 Å². The van der Waals surface area contributed by atoms with Crippen LogP contribution >= 0.6 is 0 Å². The van der Waals surface area contributed by atoms with E-state index in [1.807, 2.05) is 0 Å². The number of nitrogens with two attached hydrogens (primary N) is 1. The highest BCUT2D eigenvalue weighted by Gasteiger charge is 2.59. The second-order valence-corrected chi connectivity index (χ2v) is 12.3. The van der Waals surface area contributed by atoms with Gasteiger partial charge in [0.05, 0.1) is 11.1 Å². The molecule has 162 valence electrons. The first-order chi connectivity index (χ1) is 12.8. The number of nitrogens with zero attached hydrogens (tertiary/aromatic N) is 3. The van der Waals surface area contributed by atoms with Gasteiger partial charge in [0.1, 0.15) is 0 Å². The molecule has 1 aliphatic carbocycles. The van der Waals surface area contributed by atoms with E-state index in [2.05, 4.69) is 65.4 Å². The maximum Gasteiger partial charge on any atom is 0.0529 e. The van der Waals surface area contributed by atoms with Crippen molar-refractivity contribution in [3.63, 3.8) is 0 Å². The van der Waals surface area contributed by atoms with Crippen molar-refractivity contribution in [2.45, 2.75) is 142 Å². The lowest BCUT2D eigenvalue weighted by atomic mass is 9.57. The Morgan fingerprint density at radius 2 is 1.18 bits per heavy atom. The Morgan fingerprint density at radius 3 is 1.68 bits per heavy atom. The van der Waals surface area contributed by atoms with Gasteiger partial charge in [-0.05, 0) is 87.5 Å². The van der Waals surface area contributed by atoms with E-state index < -0.39 is 0 Å². The van der Waals surface area contributed by atoms with Crippen LogP contribution in [0.4, 0.5) is 0 Å². The third-order valence-electron chi connectivity index (χ3n) is 8.48. The molecule has 3 fully saturated rings. The number of rotatable bonds is 1. The summed E-state index contributed by atoms with van der Waals surface area (Å²) >= 11 is 0. The molecule has 0 atom stereocenters. The molecule has 0 unspecified atom stereocenters. The van der Waals surface area contributed by atoms with Gasteiger partial charge in [0.25, 0.3) is 0 Å². The van der Waals surface area contributed by atoms with E-state index in [0.717, 1.165) is 6.42 Å². The van der Waals surface area contributed by atoms with Crippen molar-refractivity contribution in [1.29, 1.82) is 0 Å². The molecule has 3 rings (SSSR count). The number of hydrazone groups is 1. The largest absolute Gasteiger partial charge is 0.286 e. The minimum Gasteiger partial charge on any atom is -0.286 e. The van der Waals surface area contributed by atoms with Gasteiger partial charge >= 0.3 is 0 Å². The molecule has 4 heteroatoms. The minimum absolute atomic E-state index is 0.0794. The first kappa shape index (κ1) is 22.1. The van der Waals surface area contributed by atoms with E-state index in [0.29, 0.717) is 0 Å². The molecule has 0 bridgehead atoms. The van der Waals surface area contributed by atoms with Crippen LogP contribution in [0.1, 0.15) is 120 Å². The van der Waals surface area contributed by atoms with E-state index in [9.17, 15) is 0 Å². The molecule has 0 radical (unpaired) electrons. The van der Waals surface area contributed by atoms with Crippen molar-refractivity contribution >= 4 is 5.71 Å². The van der Waals surface area contributed by atoms with Crippen LogP contribution in [0, 0.1) is 5.41 Å². The Hall–Kier alpha value is -0.610. The predicted octanol–water partition coefficient (Wildman–Crippen LogP) is 5.86.